The van der Waals surface area contributed by atoms with Crippen LogP contribution in [-0.4, -0.2) is 0 Å². The molecule has 0 saturated heterocycles. The van der Waals surface area contributed by atoms with Crippen LogP contribution in [0.5, 0.6) is 0 Å². The number of hydrogen-bond acceptors (Lipinski definition) is 2. The maximum Gasteiger partial charge on any atom is 0.0725 e. The summed E-state index contributed by atoms with van der Waals surface area (Å²) in [4.78, 5) is 4.79. The fourth-order valence-corrected chi connectivity index (χ4v) is 10.4. The van der Waals surface area contributed by atoms with Gasteiger partial charge in [-0.25, -0.2) is 0 Å². The highest BCUT2D eigenvalue weighted by Gasteiger charge is 2.51. The van der Waals surface area contributed by atoms with Gasteiger partial charge >= 0.3 is 0 Å². The Morgan fingerprint density at radius 2 is 0.524 bits per heavy atom. The molecule has 0 heterocycles. The Hall–Kier alpha value is -8.20. The molecule has 12 rings (SSSR count). The van der Waals surface area contributed by atoms with Crippen LogP contribution in [0, 0.1) is 0 Å². The lowest BCUT2D eigenvalue weighted by Crippen LogP contribution is -2.26. The minimum atomic E-state index is -0.482. The molecule has 0 amide bonds. The van der Waals surface area contributed by atoms with E-state index < -0.39 is 5.41 Å². The molecule has 2 aliphatic rings. The number of nitrogens with zero attached hydrogens (tertiary/aromatic N) is 2. The first-order valence-corrected chi connectivity index (χ1v) is 21.8. The zero-order valence-electron chi connectivity index (χ0n) is 34.6. The Morgan fingerprint density at radius 3 is 0.952 bits per heavy atom. The lowest BCUT2D eigenvalue weighted by molar-refractivity contribution is 0.793. The summed E-state index contributed by atoms with van der Waals surface area (Å²) >= 11 is 0. The van der Waals surface area contributed by atoms with E-state index in [0.29, 0.717) is 0 Å². The van der Waals surface area contributed by atoms with Gasteiger partial charge in [-0.3, -0.25) is 0 Å². The van der Waals surface area contributed by atoms with Crippen molar-refractivity contribution < 1.29 is 0 Å². The normalized spacial score (nSPS) is 12.6. The van der Waals surface area contributed by atoms with Crippen molar-refractivity contribution >= 4 is 34.1 Å². The number of benzene rings is 10. The molecule has 1 spiro atoms. The van der Waals surface area contributed by atoms with E-state index in [1.165, 1.54) is 66.8 Å². The third kappa shape index (κ3) is 5.95. The third-order valence-electron chi connectivity index (χ3n) is 13.0. The second kappa shape index (κ2) is 15.1. The maximum absolute atomic E-state index is 2.43. The van der Waals surface area contributed by atoms with Crippen molar-refractivity contribution in [3.63, 3.8) is 0 Å². The predicted molar refractivity (Wildman–Crippen MR) is 263 cm³/mol. The highest BCUT2D eigenvalue weighted by atomic mass is 15.1. The van der Waals surface area contributed by atoms with E-state index in [-0.39, 0.29) is 0 Å². The molecule has 0 unspecified atom stereocenters. The Kier molecular flexibility index (Phi) is 8.76. The van der Waals surface area contributed by atoms with Gasteiger partial charge in [0.25, 0.3) is 0 Å². The minimum Gasteiger partial charge on any atom is -0.310 e. The molecule has 0 bridgehead atoms. The first kappa shape index (κ1) is 36.6. The molecule has 0 atom stereocenters. The molecule has 2 heteroatoms. The summed E-state index contributed by atoms with van der Waals surface area (Å²) in [6.07, 6.45) is 0. The molecule has 0 radical (unpaired) electrons. The van der Waals surface area contributed by atoms with Crippen LogP contribution in [0.25, 0.3) is 44.5 Å². The molecule has 10 aromatic rings. The van der Waals surface area contributed by atoms with E-state index in [4.69, 9.17) is 0 Å². The number of fused-ring (bicyclic) bond motifs is 10. The van der Waals surface area contributed by atoms with Gasteiger partial charge in [0.05, 0.1) is 5.41 Å². The van der Waals surface area contributed by atoms with Gasteiger partial charge in [0.15, 0.2) is 0 Å². The van der Waals surface area contributed by atoms with Crippen molar-refractivity contribution in [2.75, 3.05) is 9.80 Å². The van der Waals surface area contributed by atoms with Gasteiger partial charge in [-0.05, 0) is 140 Å². The lowest BCUT2D eigenvalue weighted by atomic mass is 9.70. The second-order valence-corrected chi connectivity index (χ2v) is 16.5. The average molecular weight is 803 g/mol. The Labute approximate surface area is 369 Å². The lowest BCUT2D eigenvalue weighted by Gasteiger charge is -2.32. The van der Waals surface area contributed by atoms with Crippen LogP contribution in [-0.2, 0) is 5.41 Å². The summed E-state index contributed by atoms with van der Waals surface area (Å²) < 4.78 is 0. The zero-order valence-corrected chi connectivity index (χ0v) is 34.6. The average Bonchev–Trinajstić information content (AvgIpc) is 3.82. The van der Waals surface area contributed by atoms with Crippen LogP contribution in [0.15, 0.2) is 255 Å². The molecule has 0 N–H and O–H groups in total. The van der Waals surface area contributed by atoms with Gasteiger partial charge in [-0.2, -0.15) is 0 Å². The van der Waals surface area contributed by atoms with Gasteiger partial charge in [-0.1, -0.05) is 182 Å². The van der Waals surface area contributed by atoms with Crippen LogP contribution in [0.2, 0.25) is 0 Å². The summed E-state index contributed by atoms with van der Waals surface area (Å²) in [5, 5.41) is 0. The molecule has 10 aromatic carbocycles. The van der Waals surface area contributed by atoms with Gasteiger partial charge in [0, 0.05) is 34.1 Å². The van der Waals surface area contributed by atoms with Crippen LogP contribution in [0.4, 0.5) is 34.1 Å². The Balaban J connectivity index is 1.03. The molecule has 0 saturated carbocycles. The second-order valence-electron chi connectivity index (χ2n) is 16.5. The quantitative estimate of drug-likeness (QED) is 0.151. The summed E-state index contributed by atoms with van der Waals surface area (Å²) in [5.74, 6) is 0. The maximum atomic E-state index is 2.43. The monoisotopic (exact) mass is 802 g/mol. The number of hydrogen-bond donors (Lipinski definition) is 0. The Bertz CT molecular complexity index is 3060. The SMILES string of the molecule is c1ccc(-c2cccc(N(c3ccccc3)c3ccc4c(c3)-c3ccccc3C43c4ccccc4-c4cc(N(c5ccccc5)c5cccc(-c6ccccc6)c5)ccc43)c2)cc1. The van der Waals surface area contributed by atoms with Gasteiger partial charge in [-0.15, -0.1) is 0 Å². The third-order valence-corrected chi connectivity index (χ3v) is 13.0. The number of rotatable bonds is 8. The molecule has 0 aromatic heterocycles. The van der Waals surface area contributed by atoms with Crippen molar-refractivity contribution in [2.45, 2.75) is 5.41 Å². The van der Waals surface area contributed by atoms with E-state index in [2.05, 4.69) is 265 Å². The zero-order chi connectivity index (χ0) is 41.7. The first-order valence-electron chi connectivity index (χ1n) is 21.8. The van der Waals surface area contributed by atoms with Crippen LogP contribution >= 0.6 is 0 Å². The predicted octanol–water partition coefficient (Wildman–Crippen LogP) is 16.3. The summed E-state index contributed by atoms with van der Waals surface area (Å²) in [5.41, 5.74) is 21.3. The molecular weight excluding hydrogens is 761 g/mol. The fraction of sp³-hybridized carbons (Fsp3) is 0.0164. The summed E-state index contributed by atoms with van der Waals surface area (Å²) in [7, 11) is 0. The molecule has 0 fully saturated rings. The highest BCUT2D eigenvalue weighted by molar-refractivity contribution is 5.98. The van der Waals surface area contributed by atoms with Crippen molar-refractivity contribution in [3.8, 4) is 44.5 Å². The van der Waals surface area contributed by atoms with Crippen molar-refractivity contribution in [3.05, 3.63) is 277 Å². The van der Waals surface area contributed by atoms with E-state index >= 15 is 0 Å². The van der Waals surface area contributed by atoms with Crippen molar-refractivity contribution in [2.24, 2.45) is 0 Å². The molecule has 2 nitrogen and oxygen atoms in total. The van der Waals surface area contributed by atoms with E-state index in [9.17, 15) is 0 Å². The highest BCUT2D eigenvalue weighted by Crippen LogP contribution is 2.64. The smallest absolute Gasteiger partial charge is 0.0725 e. The fourth-order valence-electron chi connectivity index (χ4n) is 10.4. The van der Waals surface area contributed by atoms with Crippen LogP contribution in [0.1, 0.15) is 22.3 Å². The van der Waals surface area contributed by atoms with Gasteiger partial charge < -0.3 is 9.80 Å². The molecule has 296 valence electrons. The number of anilines is 6. The molecule has 2 aliphatic carbocycles. The van der Waals surface area contributed by atoms with Crippen molar-refractivity contribution in [1.29, 1.82) is 0 Å². The topological polar surface area (TPSA) is 6.48 Å². The van der Waals surface area contributed by atoms with Crippen molar-refractivity contribution in [1.82, 2.24) is 0 Å². The van der Waals surface area contributed by atoms with Gasteiger partial charge in [0.2, 0.25) is 0 Å². The molecule has 0 aliphatic heterocycles. The number of para-hydroxylation sites is 2. The largest absolute Gasteiger partial charge is 0.310 e. The summed E-state index contributed by atoms with van der Waals surface area (Å²) in [6.45, 7) is 0. The molecule has 63 heavy (non-hydrogen) atoms. The van der Waals surface area contributed by atoms with Gasteiger partial charge in [0.1, 0.15) is 0 Å². The summed E-state index contributed by atoms with van der Waals surface area (Å²) in [6, 6.07) is 93.1. The van der Waals surface area contributed by atoms with E-state index in [1.807, 2.05) is 0 Å². The van der Waals surface area contributed by atoms with Crippen LogP contribution < -0.4 is 9.80 Å². The minimum absolute atomic E-state index is 0.482. The van der Waals surface area contributed by atoms with E-state index in [1.54, 1.807) is 0 Å². The van der Waals surface area contributed by atoms with E-state index in [0.717, 1.165) is 34.1 Å². The Morgan fingerprint density at radius 1 is 0.206 bits per heavy atom. The standard InChI is InChI=1S/C61H42N2/c1-5-19-43(20-6-1)45-23-17-29-49(39-45)62(47-25-9-3-10-26-47)51-35-37-59-55(41-51)53-31-13-15-33-57(53)61(59)58-34-16-14-32-54(58)56-42-52(36-38-60(56)61)63(48-27-11-4-12-28-48)50-30-18-24-46(40-50)44-21-7-2-8-22-44/h1-42H. The first-order chi connectivity index (χ1) is 31.3. The molecular formula is C61H42N2. The van der Waals surface area contributed by atoms with Crippen LogP contribution in [0.3, 0.4) is 0 Å².